The molecule has 0 bridgehead atoms. The van der Waals surface area contributed by atoms with Gasteiger partial charge in [-0.2, -0.15) is 0 Å². The molecule has 0 atom stereocenters. The molecule has 8 heteroatoms. The first kappa shape index (κ1) is 68.8. The summed E-state index contributed by atoms with van der Waals surface area (Å²) in [4.78, 5) is 9.47. The second-order valence-electron chi connectivity index (χ2n) is 29.5. The topological polar surface area (TPSA) is 13.0 Å². The standard InChI is InChI=1S/C108H70N4S4/c1-4-19-79(20-5-1)109(82-47-35-71(36-48-82)76-45-65-105-98(67-76)93-26-11-14-31-101(93)113-105)87-61-63-90(64-62-87)112(83-49-37-72(38-50-83)77-46-66-106-99(68-77)94-27-12-15-32-102(94)114-106)84-51-39-73(40-52-84)78-69-97(108-100(70-78)95-28-13-17-34-104(95)116-108)75-43-55-86(56-44-75)111(81-23-8-3-9-24-81)89-59-57-88(58-60-89)110(80-21-6-2-7-22-80)85-53-41-74(42-54-85)91-29-18-30-96-92-25-10-16-33-103(92)115-107(91)96/h1-70H. The average Bonchev–Trinajstić information content (AvgIpc) is 1.56. The molecule has 546 valence electrons. The summed E-state index contributed by atoms with van der Waals surface area (Å²) in [5.74, 6) is 0. The fourth-order valence-electron chi connectivity index (χ4n) is 17.0. The Morgan fingerprint density at radius 2 is 0.371 bits per heavy atom. The highest BCUT2D eigenvalue weighted by atomic mass is 32.1. The second kappa shape index (κ2) is 29.2. The highest BCUT2D eigenvalue weighted by molar-refractivity contribution is 7.27. The van der Waals surface area contributed by atoms with E-state index in [1.807, 2.05) is 45.3 Å². The Labute approximate surface area is 688 Å². The minimum absolute atomic E-state index is 1.05. The summed E-state index contributed by atoms with van der Waals surface area (Å²) in [6.07, 6.45) is 0. The molecule has 0 aliphatic heterocycles. The van der Waals surface area contributed by atoms with Crippen molar-refractivity contribution in [2.24, 2.45) is 0 Å². The molecule has 4 heterocycles. The van der Waals surface area contributed by atoms with Crippen molar-refractivity contribution in [1.29, 1.82) is 0 Å². The van der Waals surface area contributed by atoms with Gasteiger partial charge in [-0.25, -0.2) is 0 Å². The van der Waals surface area contributed by atoms with Gasteiger partial charge >= 0.3 is 0 Å². The molecule has 4 aromatic heterocycles. The highest BCUT2D eigenvalue weighted by Crippen LogP contribution is 2.49. The SMILES string of the molecule is c1ccc(N(c2ccc(-c3ccc4sc5ccccc5c4c3)cc2)c2ccc(N(c3ccc(-c4ccc5sc6ccccc6c5c4)cc3)c3ccc(-c4cc(-c5ccc(N(c6ccccc6)c6ccc(N(c7ccccc7)c7ccc(-c8cccc9c8sc8ccccc89)cc7)cc6)cc5)c5sc6ccccc6c5c4)cc3)cc2)cc1. The van der Waals surface area contributed by atoms with E-state index in [1.54, 1.807) is 0 Å². The second-order valence-corrected chi connectivity index (χ2v) is 33.8. The van der Waals surface area contributed by atoms with Crippen molar-refractivity contribution < 1.29 is 0 Å². The summed E-state index contributed by atoms with van der Waals surface area (Å²) in [5, 5.41) is 10.3. The maximum atomic E-state index is 2.41. The van der Waals surface area contributed by atoms with E-state index >= 15 is 0 Å². The van der Waals surface area contributed by atoms with Gasteiger partial charge in [0.2, 0.25) is 0 Å². The smallest absolute Gasteiger partial charge is 0.0463 e. The maximum absolute atomic E-state index is 2.41. The van der Waals surface area contributed by atoms with Crippen molar-refractivity contribution in [1.82, 2.24) is 0 Å². The van der Waals surface area contributed by atoms with Gasteiger partial charge < -0.3 is 19.6 Å². The minimum Gasteiger partial charge on any atom is -0.311 e. The number of anilines is 12. The Kier molecular flexibility index (Phi) is 17.3. The van der Waals surface area contributed by atoms with Crippen LogP contribution in [0.3, 0.4) is 0 Å². The number of hydrogen-bond donors (Lipinski definition) is 0. The zero-order valence-electron chi connectivity index (χ0n) is 62.8. The first-order valence-corrected chi connectivity index (χ1v) is 42.5. The van der Waals surface area contributed by atoms with Gasteiger partial charge in [-0.15, -0.1) is 45.3 Å². The predicted octanol–water partition coefficient (Wildman–Crippen LogP) is 33.4. The summed E-state index contributed by atoms with van der Waals surface area (Å²) in [5.41, 5.74) is 24.7. The predicted molar refractivity (Wildman–Crippen MR) is 504 cm³/mol. The molecule has 4 nitrogen and oxygen atoms in total. The number of thiophene rings is 4. The maximum Gasteiger partial charge on any atom is 0.0463 e. The Morgan fingerprint density at radius 3 is 0.741 bits per heavy atom. The Balaban J connectivity index is 0.593. The van der Waals surface area contributed by atoms with Crippen molar-refractivity contribution in [2.75, 3.05) is 19.6 Å². The van der Waals surface area contributed by atoms with E-state index in [-0.39, 0.29) is 0 Å². The van der Waals surface area contributed by atoms with Gasteiger partial charge in [0.05, 0.1) is 0 Å². The zero-order valence-corrected chi connectivity index (χ0v) is 66.1. The van der Waals surface area contributed by atoms with Crippen LogP contribution in [0.4, 0.5) is 68.2 Å². The van der Waals surface area contributed by atoms with Gasteiger partial charge in [0.1, 0.15) is 0 Å². The third kappa shape index (κ3) is 12.5. The molecule has 0 N–H and O–H groups in total. The Morgan fingerprint density at radius 1 is 0.129 bits per heavy atom. The molecular weight excluding hydrogens is 1480 g/mol. The first-order chi connectivity index (χ1) is 57.5. The normalized spacial score (nSPS) is 11.6. The quantitative estimate of drug-likeness (QED) is 0.0901. The van der Waals surface area contributed by atoms with Gasteiger partial charge in [-0.05, 0) is 256 Å². The number of hydrogen-bond acceptors (Lipinski definition) is 8. The minimum atomic E-state index is 1.05. The van der Waals surface area contributed by atoms with Crippen LogP contribution in [0.2, 0.25) is 0 Å². The van der Waals surface area contributed by atoms with E-state index in [9.17, 15) is 0 Å². The van der Waals surface area contributed by atoms with E-state index in [2.05, 4.69) is 444 Å². The number of rotatable bonds is 17. The Hall–Kier alpha value is -14.0. The van der Waals surface area contributed by atoms with Gasteiger partial charge in [-0.1, -0.05) is 218 Å². The van der Waals surface area contributed by atoms with Crippen LogP contribution < -0.4 is 19.6 Å². The number of fused-ring (bicyclic) bond motifs is 12. The van der Waals surface area contributed by atoms with Crippen LogP contribution in [0.5, 0.6) is 0 Å². The molecule has 22 rings (SSSR count). The zero-order chi connectivity index (χ0) is 76.6. The average molecular weight is 1550 g/mol. The summed E-state index contributed by atoms with van der Waals surface area (Å²) in [7, 11) is 0. The fraction of sp³-hybridized carbons (Fsp3) is 0. The molecule has 116 heavy (non-hydrogen) atoms. The molecule has 18 aromatic carbocycles. The number of nitrogens with zero attached hydrogens (tertiary/aromatic N) is 4. The third-order valence-corrected chi connectivity index (χ3v) is 27.4. The first-order valence-electron chi connectivity index (χ1n) is 39.2. The van der Waals surface area contributed by atoms with E-state index in [0.29, 0.717) is 0 Å². The number of benzene rings is 18. The van der Waals surface area contributed by atoms with Crippen molar-refractivity contribution in [2.45, 2.75) is 0 Å². The molecule has 0 amide bonds. The molecule has 0 unspecified atom stereocenters. The molecule has 0 radical (unpaired) electrons. The molecule has 0 fully saturated rings. The lowest BCUT2D eigenvalue weighted by Gasteiger charge is -2.28. The Bertz CT molecular complexity index is 7400. The van der Waals surface area contributed by atoms with E-state index in [0.717, 1.165) is 84.9 Å². The largest absolute Gasteiger partial charge is 0.311 e. The molecular formula is C108H70N4S4. The van der Waals surface area contributed by atoms with Crippen LogP contribution in [0, 0.1) is 0 Å². The third-order valence-electron chi connectivity index (χ3n) is 22.7. The van der Waals surface area contributed by atoms with Gasteiger partial charge in [0.25, 0.3) is 0 Å². The molecule has 0 saturated carbocycles. The van der Waals surface area contributed by atoms with Gasteiger partial charge in [0.15, 0.2) is 0 Å². The van der Waals surface area contributed by atoms with Gasteiger partial charge in [-0.3, -0.25) is 0 Å². The van der Waals surface area contributed by atoms with Crippen LogP contribution in [-0.2, 0) is 0 Å². The van der Waals surface area contributed by atoms with Crippen LogP contribution in [-0.4, -0.2) is 0 Å². The lowest BCUT2D eigenvalue weighted by atomic mass is 9.95. The molecule has 0 aliphatic rings. The van der Waals surface area contributed by atoms with Crippen LogP contribution >= 0.6 is 45.3 Å². The molecule has 0 spiro atoms. The fourth-order valence-corrected chi connectivity index (χ4v) is 21.6. The van der Waals surface area contributed by atoms with E-state index < -0.39 is 0 Å². The summed E-state index contributed by atoms with van der Waals surface area (Å²) in [6, 6.07) is 156. The van der Waals surface area contributed by atoms with Crippen LogP contribution in [0.15, 0.2) is 425 Å². The lowest BCUT2D eigenvalue weighted by Crippen LogP contribution is -2.12. The number of para-hydroxylation sites is 3. The van der Waals surface area contributed by atoms with Crippen molar-refractivity contribution in [3.8, 4) is 55.6 Å². The van der Waals surface area contributed by atoms with Crippen molar-refractivity contribution >= 4 is 194 Å². The van der Waals surface area contributed by atoms with Gasteiger partial charge in [0, 0.05) is 155 Å². The van der Waals surface area contributed by atoms with Crippen molar-refractivity contribution in [3.63, 3.8) is 0 Å². The van der Waals surface area contributed by atoms with E-state index in [1.165, 1.54) is 120 Å². The van der Waals surface area contributed by atoms with Crippen LogP contribution in [0.25, 0.3) is 136 Å². The summed E-state index contributed by atoms with van der Waals surface area (Å²) < 4.78 is 10.4. The monoisotopic (exact) mass is 1550 g/mol. The molecule has 0 aliphatic carbocycles. The summed E-state index contributed by atoms with van der Waals surface area (Å²) in [6.45, 7) is 0. The van der Waals surface area contributed by atoms with Crippen molar-refractivity contribution in [3.05, 3.63) is 425 Å². The molecule has 0 saturated heterocycles. The highest BCUT2D eigenvalue weighted by Gasteiger charge is 2.23. The van der Waals surface area contributed by atoms with Crippen LogP contribution in [0.1, 0.15) is 0 Å². The lowest BCUT2D eigenvalue weighted by molar-refractivity contribution is 1.26. The summed E-state index contributed by atoms with van der Waals surface area (Å²) >= 11 is 7.45. The van der Waals surface area contributed by atoms with E-state index in [4.69, 9.17) is 0 Å². The molecule has 22 aromatic rings.